The number of halogens is 2. The van der Waals surface area contributed by atoms with Gasteiger partial charge in [-0.3, -0.25) is 9.25 Å². The van der Waals surface area contributed by atoms with Crippen molar-refractivity contribution in [3.05, 3.63) is 100 Å². The van der Waals surface area contributed by atoms with E-state index in [1.165, 1.54) is 0 Å². The molecule has 1 heterocycles. The first-order valence-corrected chi connectivity index (χ1v) is 11.7. The minimum atomic E-state index is -3.31. The number of nitrogens with zero attached hydrogens (tertiary/aromatic N) is 2. The Kier molecular flexibility index (Phi) is 5.88. The monoisotopic (exact) mass is 462 g/mol. The van der Waals surface area contributed by atoms with E-state index in [2.05, 4.69) is 10.3 Å². The fourth-order valence-electron chi connectivity index (χ4n) is 2.52. The maximum absolute atomic E-state index is 6.02. The molecule has 0 spiro atoms. The SMILES string of the molecule is S=P1(Oc2ccccc2)ON=C(c2ccc(Cl)cc2)C(c2ccc(Cl)cc2)=NO1. The fraction of sp³-hybridized carbons (Fsp3) is 0. The Bertz CT molecular complexity index is 1050. The van der Waals surface area contributed by atoms with Gasteiger partial charge in [-0.25, -0.2) is 0 Å². The van der Waals surface area contributed by atoms with Gasteiger partial charge in [-0.1, -0.05) is 76.0 Å². The summed E-state index contributed by atoms with van der Waals surface area (Å²) in [4.78, 5) is 0. The lowest BCUT2D eigenvalue weighted by Crippen LogP contribution is -2.16. The summed E-state index contributed by atoms with van der Waals surface area (Å²) in [6, 6.07) is 23.2. The van der Waals surface area contributed by atoms with Gasteiger partial charge in [0.2, 0.25) is 0 Å². The molecule has 0 saturated heterocycles. The van der Waals surface area contributed by atoms with Crippen LogP contribution in [0.3, 0.4) is 0 Å². The number of hydrogen-bond donors (Lipinski definition) is 0. The molecular weight excluding hydrogens is 450 g/mol. The molecule has 0 radical (unpaired) electrons. The van der Waals surface area contributed by atoms with Gasteiger partial charge in [-0.05, 0) is 36.4 Å². The molecule has 0 aromatic heterocycles. The summed E-state index contributed by atoms with van der Waals surface area (Å²) in [5.41, 5.74) is 2.34. The highest BCUT2D eigenvalue weighted by atomic mass is 35.5. The maximum atomic E-state index is 6.02. The van der Waals surface area contributed by atoms with Crippen LogP contribution >= 0.6 is 29.9 Å². The van der Waals surface area contributed by atoms with Crippen LogP contribution in [0, 0.1) is 0 Å². The molecule has 146 valence electrons. The van der Waals surface area contributed by atoms with E-state index in [1.54, 1.807) is 36.4 Å². The van der Waals surface area contributed by atoms with Crippen molar-refractivity contribution in [2.45, 2.75) is 0 Å². The van der Waals surface area contributed by atoms with Crippen molar-refractivity contribution in [1.82, 2.24) is 0 Å². The highest BCUT2D eigenvalue weighted by molar-refractivity contribution is 8.07. The van der Waals surface area contributed by atoms with Crippen LogP contribution in [0.2, 0.25) is 10.0 Å². The van der Waals surface area contributed by atoms with Gasteiger partial charge in [-0.2, -0.15) is 0 Å². The second kappa shape index (κ2) is 8.56. The lowest BCUT2D eigenvalue weighted by Gasteiger charge is -2.15. The van der Waals surface area contributed by atoms with E-state index in [4.69, 9.17) is 48.8 Å². The molecule has 5 nitrogen and oxygen atoms in total. The second-order valence-corrected chi connectivity index (χ2v) is 9.53. The molecule has 3 aromatic carbocycles. The lowest BCUT2D eigenvalue weighted by atomic mass is 10.00. The summed E-state index contributed by atoms with van der Waals surface area (Å²) >= 11 is 17.5. The minimum Gasteiger partial charge on any atom is -0.405 e. The van der Waals surface area contributed by atoms with Crippen molar-refractivity contribution >= 4 is 53.2 Å². The van der Waals surface area contributed by atoms with Gasteiger partial charge in [0.1, 0.15) is 17.2 Å². The van der Waals surface area contributed by atoms with Crippen molar-refractivity contribution in [2.24, 2.45) is 10.3 Å². The topological polar surface area (TPSA) is 52.4 Å². The maximum Gasteiger partial charge on any atom is 0.531 e. The van der Waals surface area contributed by atoms with Gasteiger partial charge in [0.15, 0.2) is 0 Å². The van der Waals surface area contributed by atoms with Gasteiger partial charge in [0.25, 0.3) is 0 Å². The quantitative estimate of drug-likeness (QED) is 0.417. The van der Waals surface area contributed by atoms with Gasteiger partial charge >= 0.3 is 6.72 Å². The fourth-order valence-corrected chi connectivity index (χ4v) is 4.07. The van der Waals surface area contributed by atoms with Crippen LogP contribution in [0.5, 0.6) is 5.75 Å². The zero-order valence-electron chi connectivity index (χ0n) is 14.7. The van der Waals surface area contributed by atoms with Crippen molar-refractivity contribution in [2.75, 3.05) is 0 Å². The Hall–Kier alpha value is -2.37. The van der Waals surface area contributed by atoms with E-state index < -0.39 is 6.72 Å². The molecule has 0 aliphatic carbocycles. The summed E-state index contributed by atoms with van der Waals surface area (Å²) in [7, 11) is 0. The van der Waals surface area contributed by atoms with E-state index in [-0.39, 0.29) is 0 Å². The largest absolute Gasteiger partial charge is 0.531 e. The first-order chi connectivity index (χ1) is 14.0. The Morgan fingerprint density at radius 1 is 0.690 bits per heavy atom. The zero-order valence-corrected chi connectivity index (χ0v) is 18.0. The highest BCUT2D eigenvalue weighted by Crippen LogP contribution is 2.51. The van der Waals surface area contributed by atoms with Gasteiger partial charge in [-0.15, -0.1) is 0 Å². The van der Waals surface area contributed by atoms with Crippen LogP contribution in [-0.4, -0.2) is 11.4 Å². The van der Waals surface area contributed by atoms with Crippen LogP contribution in [-0.2, 0) is 21.1 Å². The Labute approximate surface area is 182 Å². The molecule has 1 aliphatic heterocycles. The number of benzene rings is 3. The standard InChI is InChI=1S/C20H13Cl2N2O3PS/c21-16-10-6-14(7-11-16)19-20(15-8-12-17(22)13-9-15)24-27-28(29,26-23-19)25-18-4-2-1-3-5-18/h1-13H. The number of rotatable bonds is 4. The normalized spacial score (nSPS) is 15.2. The molecule has 0 N–H and O–H groups in total. The third-order valence-electron chi connectivity index (χ3n) is 3.88. The first-order valence-electron chi connectivity index (χ1n) is 8.43. The lowest BCUT2D eigenvalue weighted by molar-refractivity contribution is 0.220. The van der Waals surface area contributed by atoms with Crippen molar-refractivity contribution in [3.8, 4) is 5.75 Å². The Morgan fingerprint density at radius 2 is 1.14 bits per heavy atom. The molecule has 0 amide bonds. The van der Waals surface area contributed by atoms with E-state index >= 15 is 0 Å². The van der Waals surface area contributed by atoms with Crippen LogP contribution in [0.15, 0.2) is 89.2 Å². The van der Waals surface area contributed by atoms with Crippen molar-refractivity contribution in [3.63, 3.8) is 0 Å². The molecule has 0 unspecified atom stereocenters. The van der Waals surface area contributed by atoms with Gasteiger partial charge < -0.3 is 4.52 Å². The number of hydrogen-bond acceptors (Lipinski definition) is 6. The van der Waals surface area contributed by atoms with Crippen LogP contribution in [0.1, 0.15) is 11.1 Å². The molecule has 3 aromatic rings. The summed E-state index contributed by atoms with van der Waals surface area (Å²) in [5, 5.41) is 9.71. The molecule has 0 saturated carbocycles. The molecule has 0 bridgehead atoms. The van der Waals surface area contributed by atoms with E-state index in [9.17, 15) is 0 Å². The average molecular weight is 463 g/mol. The molecule has 0 atom stereocenters. The summed E-state index contributed by atoms with van der Waals surface area (Å²) in [5.74, 6) is 0.504. The molecule has 4 rings (SSSR count). The molecule has 29 heavy (non-hydrogen) atoms. The Balaban J connectivity index is 1.75. The van der Waals surface area contributed by atoms with Crippen molar-refractivity contribution in [1.29, 1.82) is 0 Å². The second-order valence-electron chi connectivity index (χ2n) is 5.91. The van der Waals surface area contributed by atoms with E-state index in [0.717, 1.165) is 11.1 Å². The van der Waals surface area contributed by atoms with Crippen LogP contribution < -0.4 is 4.52 Å². The molecule has 1 aliphatic rings. The van der Waals surface area contributed by atoms with Crippen LogP contribution in [0.4, 0.5) is 0 Å². The summed E-state index contributed by atoms with van der Waals surface area (Å²) < 4.78 is 16.9. The predicted molar refractivity (Wildman–Crippen MR) is 120 cm³/mol. The van der Waals surface area contributed by atoms with E-state index in [0.29, 0.717) is 27.2 Å². The zero-order chi connectivity index (χ0) is 20.3. The highest BCUT2D eigenvalue weighted by Gasteiger charge is 2.31. The number of oxime groups is 2. The molecule has 0 fully saturated rings. The predicted octanol–water partition coefficient (Wildman–Crippen LogP) is 6.45. The Morgan fingerprint density at radius 3 is 1.59 bits per heavy atom. The smallest absolute Gasteiger partial charge is 0.405 e. The summed E-state index contributed by atoms with van der Waals surface area (Å²) in [6.07, 6.45) is 0. The van der Waals surface area contributed by atoms with E-state index in [1.807, 2.05) is 42.5 Å². The third kappa shape index (κ3) is 4.80. The first kappa shape index (κ1) is 19.9. The van der Waals surface area contributed by atoms with Gasteiger partial charge in [0.05, 0.1) is 0 Å². The molecule has 9 heteroatoms. The van der Waals surface area contributed by atoms with Gasteiger partial charge in [0, 0.05) is 33.0 Å². The third-order valence-corrected chi connectivity index (χ3v) is 6.01. The minimum absolute atomic E-state index is 0.437. The molecular formula is C20H13Cl2N2O3PS. The number of para-hydroxylation sites is 1. The average Bonchev–Trinajstić information content (AvgIpc) is 2.89. The summed E-state index contributed by atoms with van der Waals surface area (Å²) in [6.45, 7) is -3.31. The van der Waals surface area contributed by atoms with Crippen LogP contribution in [0.25, 0.3) is 0 Å². The van der Waals surface area contributed by atoms with Crippen molar-refractivity contribution < 1.29 is 13.8 Å².